The third-order valence-electron chi connectivity index (χ3n) is 3.73. The first-order valence-corrected chi connectivity index (χ1v) is 6.81. The maximum absolute atomic E-state index is 12.8. The van der Waals surface area contributed by atoms with E-state index in [9.17, 15) is 18.3 Å². The third-order valence-corrected chi connectivity index (χ3v) is 4.22. The van der Waals surface area contributed by atoms with Gasteiger partial charge >= 0.3 is 6.18 Å². The summed E-state index contributed by atoms with van der Waals surface area (Å²) in [5.41, 5.74) is -1.76. The highest BCUT2D eigenvalue weighted by Gasteiger charge is 2.56. The monoisotopic (exact) mass is 337 g/mol. The zero-order valence-electron chi connectivity index (χ0n) is 10.4. The molecule has 2 atom stereocenters. The van der Waals surface area contributed by atoms with E-state index in [1.54, 1.807) is 0 Å². The van der Waals surface area contributed by atoms with Crippen molar-refractivity contribution < 1.29 is 18.3 Å². The van der Waals surface area contributed by atoms with E-state index in [0.717, 1.165) is 17.1 Å². The maximum atomic E-state index is 12.8. The lowest BCUT2D eigenvalue weighted by Gasteiger charge is -2.32. The van der Waals surface area contributed by atoms with Crippen LogP contribution in [0.15, 0.2) is 28.7 Å². The van der Waals surface area contributed by atoms with Crippen molar-refractivity contribution in [1.29, 1.82) is 0 Å². The molecule has 2 nitrogen and oxygen atoms in total. The number of aliphatic hydroxyl groups is 1. The van der Waals surface area contributed by atoms with Crippen LogP contribution in [0, 0.1) is 5.92 Å². The molecule has 6 heteroatoms. The molecule has 1 fully saturated rings. The van der Waals surface area contributed by atoms with Gasteiger partial charge in [-0.15, -0.1) is 0 Å². The van der Waals surface area contributed by atoms with Gasteiger partial charge in [0.05, 0.1) is 0 Å². The molecule has 2 unspecified atom stereocenters. The van der Waals surface area contributed by atoms with Gasteiger partial charge in [-0.25, -0.2) is 0 Å². The molecule has 0 amide bonds. The van der Waals surface area contributed by atoms with E-state index < -0.39 is 17.7 Å². The Kier molecular flexibility index (Phi) is 3.84. The van der Waals surface area contributed by atoms with Gasteiger partial charge in [-0.05, 0) is 31.5 Å². The van der Waals surface area contributed by atoms with Gasteiger partial charge in [0.1, 0.15) is 0 Å². The van der Waals surface area contributed by atoms with Gasteiger partial charge < -0.3 is 10.0 Å². The molecule has 0 bridgehead atoms. The Balaban J connectivity index is 2.13. The average Bonchev–Trinajstić information content (AvgIpc) is 2.77. The van der Waals surface area contributed by atoms with Gasteiger partial charge in [0.25, 0.3) is 0 Å². The fraction of sp³-hybridized carbons (Fsp3) is 0.538. The first-order valence-electron chi connectivity index (χ1n) is 6.01. The van der Waals surface area contributed by atoms with Crippen molar-refractivity contribution in [2.24, 2.45) is 5.92 Å². The van der Waals surface area contributed by atoms with Crippen LogP contribution in [0.1, 0.15) is 13.3 Å². The highest BCUT2D eigenvalue weighted by molar-refractivity contribution is 9.10. The number of nitrogens with zero attached hydrogens (tertiary/aromatic N) is 1. The topological polar surface area (TPSA) is 23.5 Å². The molecule has 19 heavy (non-hydrogen) atoms. The molecule has 1 aromatic carbocycles. The van der Waals surface area contributed by atoms with E-state index >= 15 is 0 Å². The lowest BCUT2D eigenvalue weighted by Crippen LogP contribution is -2.49. The molecular formula is C13H15BrF3NO. The van der Waals surface area contributed by atoms with E-state index in [-0.39, 0.29) is 6.54 Å². The highest BCUT2D eigenvalue weighted by atomic mass is 79.9. The van der Waals surface area contributed by atoms with E-state index in [0.29, 0.717) is 13.0 Å². The van der Waals surface area contributed by atoms with Gasteiger partial charge in [-0.1, -0.05) is 22.0 Å². The molecule has 0 aliphatic carbocycles. The summed E-state index contributed by atoms with van der Waals surface area (Å²) in [6.07, 6.45) is -4.26. The number of alkyl halides is 3. The summed E-state index contributed by atoms with van der Waals surface area (Å²) < 4.78 is 39.3. The smallest absolute Gasteiger partial charge is 0.380 e. The van der Waals surface area contributed by atoms with Crippen molar-refractivity contribution in [3.8, 4) is 0 Å². The molecule has 1 aliphatic heterocycles. The Hall–Kier alpha value is -0.750. The fourth-order valence-corrected chi connectivity index (χ4v) is 2.75. The van der Waals surface area contributed by atoms with Crippen LogP contribution in [0.2, 0.25) is 0 Å². The van der Waals surface area contributed by atoms with Gasteiger partial charge in [0.2, 0.25) is 0 Å². The van der Waals surface area contributed by atoms with Gasteiger partial charge in [-0.2, -0.15) is 13.2 Å². The molecule has 1 aromatic rings. The molecule has 1 saturated heterocycles. The molecule has 0 aromatic heterocycles. The Morgan fingerprint density at radius 2 is 2.05 bits per heavy atom. The number of rotatable bonds is 2. The predicted molar refractivity (Wildman–Crippen MR) is 71.1 cm³/mol. The molecule has 1 aliphatic rings. The Morgan fingerprint density at radius 1 is 1.37 bits per heavy atom. The molecular weight excluding hydrogens is 323 g/mol. The number of benzene rings is 1. The van der Waals surface area contributed by atoms with Gasteiger partial charge in [0, 0.05) is 29.2 Å². The molecule has 0 spiro atoms. The van der Waals surface area contributed by atoms with Gasteiger partial charge in [0.15, 0.2) is 5.60 Å². The second kappa shape index (κ2) is 4.98. The highest BCUT2D eigenvalue weighted by Crippen LogP contribution is 2.41. The number of anilines is 1. The first-order chi connectivity index (χ1) is 8.72. The summed E-state index contributed by atoms with van der Waals surface area (Å²) in [6.45, 7) is 1.60. The summed E-state index contributed by atoms with van der Waals surface area (Å²) in [7, 11) is 0. The summed E-state index contributed by atoms with van der Waals surface area (Å²) >= 11 is 3.34. The minimum Gasteiger partial charge on any atom is -0.380 e. The standard InChI is InChI=1S/C13H15BrF3NO/c1-12(19,13(15,16)17)9-5-6-18(8-9)11-4-2-3-10(14)7-11/h2-4,7,9,19H,5-6,8H2,1H3. The predicted octanol–water partition coefficient (Wildman–Crippen LogP) is 3.59. The van der Waals surface area contributed by atoms with Crippen LogP contribution in [0.5, 0.6) is 0 Å². The number of halogens is 4. The summed E-state index contributed by atoms with van der Waals surface area (Å²) in [5, 5.41) is 9.71. The molecule has 0 saturated carbocycles. The van der Waals surface area contributed by atoms with Crippen molar-refractivity contribution >= 4 is 21.6 Å². The van der Waals surface area contributed by atoms with Crippen LogP contribution in [0.25, 0.3) is 0 Å². The molecule has 1 heterocycles. The van der Waals surface area contributed by atoms with Crippen molar-refractivity contribution in [2.75, 3.05) is 18.0 Å². The third kappa shape index (κ3) is 2.89. The summed E-state index contributed by atoms with van der Waals surface area (Å²) in [6, 6.07) is 7.43. The SMILES string of the molecule is CC(O)(C1CCN(c2cccc(Br)c2)C1)C(F)(F)F. The Bertz CT molecular complexity index is 461. The van der Waals surface area contributed by atoms with Crippen LogP contribution in [0.4, 0.5) is 18.9 Å². The zero-order chi connectivity index (χ0) is 14.3. The summed E-state index contributed by atoms with van der Waals surface area (Å²) in [4.78, 5) is 1.87. The summed E-state index contributed by atoms with van der Waals surface area (Å²) in [5.74, 6) is -0.800. The van der Waals surface area contributed by atoms with Gasteiger partial charge in [-0.3, -0.25) is 0 Å². The van der Waals surface area contributed by atoms with Crippen LogP contribution in [-0.2, 0) is 0 Å². The second-order valence-electron chi connectivity index (χ2n) is 5.06. The van der Waals surface area contributed by atoms with Crippen molar-refractivity contribution in [2.45, 2.75) is 25.1 Å². The normalized spacial score (nSPS) is 23.5. The van der Waals surface area contributed by atoms with E-state index in [1.807, 2.05) is 29.2 Å². The lowest BCUT2D eigenvalue weighted by molar-refractivity contribution is -0.269. The quantitative estimate of drug-likeness (QED) is 0.891. The van der Waals surface area contributed by atoms with E-state index in [2.05, 4.69) is 15.9 Å². The first kappa shape index (κ1) is 14.7. The fourth-order valence-electron chi connectivity index (χ4n) is 2.36. The van der Waals surface area contributed by atoms with Crippen molar-refractivity contribution in [3.05, 3.63) is 28.7 Å². The zero-order valence-corrected chi connectivity index (χ0v) is 12.0. The largest absolute Gasteiger partial charge is 0.417 e. The van der Waals surface area contributed by atoms with E-state index in [1.165, 1.54) is 0 Å². The van der Waals surface area contributed by atoms with Crippen LogP contribution >= 0.6 is 15.9 Å². The van der Waals surface area contributed by atoms with Crippen LogP contribution in [-0.4, -0.2) is 30.0 Å². The molecule has 2 rings (SSSR count). The van der Waals surface area contributed by atoms with E-state index in [4.69, 9.17) is 0 Å². The van der Waals surface area contributed by atoms with Crippen LogP contribution in [0.3, 0.4) is 0 Å². The minimum absolute atomic E-state index is 0.211. The van der Waals surface area contributed by atoms with Crippen LogP contribution < -0.4 is 4.90 Å². The van der Waals surface area contributed by atoms with Crippen molar-refractivity contribution in [3.63, 3.8) is 0 Å². The lowest BCUT2D eigenvalue weighted by atomic mass is 9.88. The average molecular weight is 338 g/mol. The number of hydrogen-bond acceptors (Lipinski definition) is 2. The molecule has 1 N–H and O–H groups in total. The minimum atomic E-state index is -4.59. The maximum Gasteiger partial charge on any atom is 0.417 e. The second-order valence-corrected chi connectivity index (χ2v) is 5.97. The Labute approximate surface area is 118 Å². The molecule has 106 valence electrons. The molecule has 0 radical (unpaired) electrons. The Morgan fingerprint density at radius 3 is 2.63 bits per heavy atom. The number of hydrogen-bond donors (Lipinski definition) is 1. The van der Waals surface area contributed by atoms with Crippen molar-refractivity contribution in [1.82, 2.24) is 0 Å².